The minimum absolute atomic E-state index is 0.716. The first-order valence-electron chi connectivity index (χ1n) is 2.70. The van der Waals surface area contributed by atoms with Crippen LogP contribution in [-0.4, -0.2) is 15.4 Å². The Balaban J connectivity index is 2.89. The van der Waals surface area contributed by atoms with E-state index in [1.54, 1.807) is 6.26 Å². The van der Waals surface area contributed by atoms with E-state index in [1.807, 2.05) is 0 Å². The molecule has 0 saturated heterocycles. The quantitative estimate of drug-likeness (QED) is 0.661. The third kappa shape index (κ3) is 1.89. The van der Waals surface area contributed by atoms with E-state index in [0.29, 0.717) is 0 Å². The maximum absolute atomic E-state index is 11.9. The fourth-order valence-corrected chi connectivity index (χ4v) is 0.911. The number of rotatable bonds is 1. The van der Waals surface area contributed by atoms with E-state index >= 15 is 0 Å². The Kier molecular flexibility index (Phi) is 2.12. The Bertz CT molecular complexity index is 242. The van der Waals surface area contributed by atoms with Gasteiger partial charge in [0, 0.05) is 12.5 Å². The van der Waals surface area contributed by atoms with Crippen molar-refractivity contribution in [3.63, 3.8) is 0 Å². The Morgan fingerprint density at radius 2 is 2.18 bits per heavy atom. The molecule has 0 atom stereocenters. The molecular weight excluding hydrogens is 177 g/mol. The van der Waals surface area contributed by atoms with Gasteiger partial charge in [-0.3, -0.25) is 0 Å². The van der Waals surface area contributed by atoms with Crippen LogP contribution in [0.2, 0.25) is 0 Å². The molecule has 0 aromatic carbocycles. The zero-order valence-corrected chi connectivity index (χ0v) is 6.41. The molecule has 6 heteroatoms. The first-order valence-corrected chi connectivity index (χ1v) is 3.88. The maximum Gasteiger partial charge on any atom is 0.419 e. The van der Waals surface area contributed by atoms with Crippen LogP contribution in [0.25, 0.3) is 0 Å². The van der Waals surface area contributed by atoms with Crippen molar-refractivity contribution in [2.45, 2.75) is 6.18 Å². The van der Waals surface area contributed by atoms with Gasteiger partial charge >= 0.3 is 6.18 Å². The van der Waals surface area contributed by atoms with Crippen LogP contribution in [0, 0.1) is 0 Å². The molecule has 1 aromatic heterocycles. The normalized spacial score (nSPS) is 12.0. The van der Waals surface area contributed by atoms with Crippen LogP contribution < -0.4 is 0 Å². The average molecular weight is 182 g/mol. The van der Waals surface area contributed by atoms with Crippen molar-refractivity contribution in [3.8, 4) is 0 Å². The molecule has 1 rings (SSSR count). The third-order valence-electron chi connectivity index (χ3n) is 1.07. The predicted octanol–water partition coefficient (Wildman–Crippen LogP) is 2.03. The molecule has 0 bridgehead atoms. The van der Waals surface area contributed by atoms with E-state index < -0.39 is 11.7 Å². The van der Waals surface area contributed by atoms with Gasteiger partial charge in [0.25, 0.3) is 0 Å². The second-order valence-electron chi connectivity index (χ2n) is 1.81. The van der Waals surface area contributed by atoms with Crippen LogP contribution in [0.3, 0.4) is 0 Å². The summed E-state index contributed by atoms with van der Waals surface area (Å²) in [5.41, 5.74) is -0.716. The lowest BCUT2D eigenvalue weighted by molar-refractivity contribution is -0.137. The number of hydrogen-bond donors (Lipinski definition) is 0. The molecule has 0 unspecified atom stereocenters. The Morgan fingerprint density at radius 3 is 2.45 bits per heavy atom. The summed E-state index contributed by atoms with van der Waals surface area (Å²) in [6.07, 6.45) is -0.887. The van der Waals surface area contributed by atoms with Crippen molar-refractivity contribution < 1.29 is 13.2 Å². The summed E-state index contributed by atoms with van der Waals surface area (Å²) in [6, 6.07) is 0. The minimum atomic E-state index is -4.28. The number of hydrogen-bond acceptors (Lipinski definition) is 2. The van der Waals surface area contributed by atoms with Gasteiger partial charge in [-0.2, -0.15) is 18.3 Å². The van der Waals surface area contributed by atoms with Gasteiger partial charge in [0.15, 0.2) is 0 Å². The summed E-state index contributed by atoms with van der Waals surface area (Å²) in [5.74, 6) is 0. The summed E-state index contributed by atoms with van der Waals surface area (Å²) in [7, 11) is 0. The van der Waals surface area contributed by atoms with Crippen molar-refractivity contribution in [1.29, 1.82) is 0 Å². The van der Waals surface area contributed by atoms with E-state index in [2.05, 4.69) is 5.10 Å². The van der Waals surface area contributed by atoms with Crippen LogP contribution in [0.4, 0.5) is 13.2 Å². The van der Waals surface area contributed by atoms with Crippen LogP contribution in [0.5, 0.6) is 0 Å². The van der Waals surface area contributed by atoms with E-state index in [0.717, 1.165) is 28.4 Å². The maximum atomic E-state index is 11.9. The summed E-state index contributed by atoms with van der Waals surface area (Å²) in [5, 5.41) is 3.46. The molecule has 0 N–H and O–H groups in total. The van der Waals surface area contributed by atoms with Crippen molar-refractivity contribution >= 4 is 11.9 Å². The van der Waals surface area contributed by atoms with Gasteiger partial charge in [0.2, 0.25) is 0 Å². The number of halogens is 3. The summed E-state index contributed by atoms with van der Waals surface area (Å²) < 4.78 is 36.8. The van der Waals surface area contributed by atoms with Crippen molar-refractivity contribution in [3.05, 3.63) is 18.0 Å². The minimum Gasteiger partial charge on any atom is -0.214 e. The Hall–Kier alpha value is -0.650. The molecule has 0 saturated carbocycles. The molecule has 0 aliphatic heterocycles. The van der Waals surface area contributed by atoms with E-state index in [-0.39, 0.29) is 0 Å². The van der Waals surface area contributed by atoms with Gasteiger partial charge in [-0.15, -0.1) is 0 Å². The summed E-state index contributed by atoms with van der Waals surface area (Å²) in [6.45, 7) is 0. The van der Waals surface area contributed by atoms with Gasteiger partial charge in [-0.25, -0.2) is 4.09 Å². The fraction of sp³-hybridized carbons (Fsp3) is 0.400. The molecule has 1 heterocycles. The van der Waals surface area contributed by atoms with Gasteiger partial charge in [-0.1, -0.05) is 0 Å². The molecule has 0 aliphatic carbocycles. The first-order chi connectivity index (χ1) is 5.04. The second kappa shape index (κ2) is 2.77. The number of alkyl halides is 3. The van der Waals surface area contributed by atoms with Crippen molar-refractivity contribution in [2.24, 2.45) is 0 Å². The Morgan fingerprint density at radius 1 is 1.55 bits per heavy atom. The monoisotopic (exact) mass is 182 g/mol. The smallest absolute Gasteiger partial charge is 0.214 e. The second-order valence-corrected chi connectivity index (χ2v) is 2.55. The van der Waals surface area contributed by atoms with E-state index in [9.17, 15) is 13.2 Å². The number of nitrogens with zero attached hydrogens (tertiary/aromatic N) is 2. The standard InChI is InChI=1S/C5H5F3N2S/c1-11-10-3-4(2-9-10)5(6,7)8/h2-3H,1H3. The highest BCUT2D eigenvalue weighted by molar-refractivity contribution is 7.97. The fourth-order valence-electron chi connectivity index (χ4n) is 0.551. The highest BCUT2D eigenvalue weighted by atomic mass is 32.2. The molecular formula is C5H5F3N2S. The highest BCUT2D eigenvalue weighted by Crippen LogP contribution is 2.28. The molecule has 11 heavy (non-hydrogen) atoms. The summed E-state index contributed by atoms with van der Waals surface area (Å²) >= 11 is 1.11. The molecule has 62 valence electrons. The average Bonchev–Trinajstić information content (AvgIpc) is 2.32. The molecule has 0 aliphatic rings. The molecule has 2 nitrogen and oxygen atoms in total. The molecule has 1 aromatic rings. The van der Waals surface area contributed by atoms with E-state index in [1.165, 1.54) is 0 Å². The first kappa shape index (κ1) is 8.45. The largest absolute Gasteiger partial charge is 0.419 e. The van der Waals surface area contributed by atoms with Crippen molar-refractivity contribution in [2.75, 3.05) is 6.26 Å². The lowest BCUT2D eigenvalue weighted by Gasteiger charge is -1.99. The zero-order chi connectivity index (χ0) is 8.48. The lowest BCUT2D eigenvalue weighted by atomic mass is 10.4. The lowest BCUT2D eigenvalue weighted by Crippen LogP contribution is -2.02. The van der Waals surface area contributed by atoms with Gasteiger partial charge in [-0.05, 0) is 11.9 Å². The van der Waals surface area contributed by atoms with Crippen molar-refractivity contribution in [1.82, 2.24) is 9.19 Å². The van der Waals surface area contributed by atoms with Gasteiger partial charge in [0.05, 0.1) is 11.8 Å². The zero-order valence-electron chi connectivity index (χ0n) is 5.59. The van der Waals surface area contributed by atoms with Gasteiger partial charge in [0.1, 0.15) is 0 Å². The predicted molar refractivity (Wildman–Crippen MR) is 36.1 cm³/mol. The van der Waals surface area contributed by atoms with Crippen LogP contribution in [0.15, 0.2) is 12.4 Å². The number of aromatic nitrogens is 2. The van der Waals surface area contributed by atoms with E-state index in [4.69, 9.17) is 0 Å². The summed E-state index contributed by atoms with van der Waals surface area (Å²) in [4.78, 5) is 0. The molecule has 0 spiro atoms. The molecule has 0 amide bonds. The van der Waals surface area contributed by atoms with Gasteiger partial charge < -0.3 is 0 Å². The molecule has 0 radical (unpaired) electrons. The molecule has 0 fully saturated rings. The highest BCUT2D eigenvalue weighted by Gasteiger charge is 2.32. The van der Waals surface area contributed by atoms with Crippen LogP contribution in [-0.2, 0) is 6.18 Å². The Labute approximate surface area is 65.5 Å². The SMILES string of the molecule is CSn1cc(C(F)(F)F)cn1. The topological polar surface area (TPSA) is 17.8 Å². The van der Waals surface area contributed by atoms with Crippen LogP contribution in [0.1, 0.15) is 5.56 Å². The van der Waals surface area contributed by atoms with Crippen LogP contribution >= 0.6 is 11.9 Å². The third-order valence-corrected chi connectivity index (χ3v) is 1.65.